The van der Waals surface area contributed by atoms with Crippen LogP contribution in [0.15, 0.2) is 17.0 Å². The fourth-order valence-corrected chi connectivity index (χ4v) is 1.89. The Morgan fingerprint density at radius 1 is 1.50 bits per heavy atom. The molecule has 0 radical (unpaired) electrons. The summed E-state index contributed by atoms with van der Waals surface area (Å²) >= 11 is 5.60. The van der Waals surface area contributed by atoms with E-state index in [0.717, 1.165) is 12.1 Å². The maximum absolute atomic E-state index is 10.8. The predicted octanol–water partition coefficient (Wildman–Crippen LogP) is -1.08. The molecule has 0 saturated carbocycles. The summed E-state index contributed by atoms with van der Waals surface area (Å²) in [6.45, 7) is 1.49. The summed E-state index contributed by atoms with van der Waals surface area (Å²) in [5, 5.41) is 10.6. The van der Waals surface area contributed by atoms with Crippen LogP contribution >= 0.6 is 11.6 Å². The SMILES string of the molecule is Cc1cc([N+](=O)[O-])c(S(=O)(=O)O)cc1Cl.[H-].[K+]. The van der Waals surface area contributed by atoms with Crippen LogP contribution in [-0.4, -0.2) is 17.9 Å². The molecule has 0 atom stereocenters. The predicted molar refractivity (Wildman–Crippen MR) is 53.8 cm³/mol. The molecule has 1 rings (SSSR count). The number of nitro benzene ring substituents is 1. The average Bonchev–Trinajstić information content (AvgIpc) is 2.06. The van der Waals surface area contributed by atoms with Crippen molar-refractivity contribution in [1.29, 1.82) is 0 Å². The molecule has 0 bridgehead atoms. The third-order valence-corrected chi connectivity index (χ3v) is 3.00. The molecule has 1 N–H and O–H groups in total. The number of halogens is 1. The van der Waals surface area contributed by atoms with Crippen LogP contribution in [0, 0.1) is 17.0 Å². The normalized spacial score (nSPS) is 10.7. The largest absolute Gasteiger partial charge is 1.00 e. The molecule has 0 saturated heterocycles. The van der Waals surface area contributed by atoms with Gasteiger partial charge in [0.2, 0.25) is 0 Å². The van der Waals surface area contributed by atoms with Gasteiger partial charge in [0.15, 0.2) is 4.90 Å². The van der Waals surface area contributed by atoms with Crippen molar-refractivity contribution < 1.29 is 70.7 Å². The summed E-state index contributed by atoms with van der Waals surface area (Å²) in [6, 6.07) is 1.84. The van der Waals surface area contributed by atoms with Gasteiger partial charge in [0.1, 0.15) is 0 Å². The number of nitro groups is 1. The van der Waals surface area contributed by atoms with Gasteiger partial charge >= 0.3 is 61.5 Å². The van der Waals surface area contributed by atoms with Crippen molar-refractivity contribution in [3.05, 3.63) is 32.8 Å². The van der Waals surface area contributed by atoms with Crippen LogP contribution in [0.5, 0.6) is 0 Å². The zero-order chi connectivity index (χ0) is 11.8. The molecular weight excluding hydrogens is 285 g/mol. The van der Waals surface area contributed by atoms with Crippen LogP contribution in [0.2, 0.25) is 5.02 Å². The van der Waals surface area contributed by atoms with Crippen molar-refractivity contribution >= 4 is 27.4 Å². The van der Waals surface area contributed by atoms with E-state index >= 15 is 0 Å². The third kappa shape index (κ3) is 3.74. The van der Waals surface area contributed by atoms with Gasteiger partial charge in [-0.25, -0.2) is 0 Å². The molecule has 1 aromatic carbocycles. The fourth-order valence-electron chi connectivity index (χ4n) is 0.997. The first-order chi connectivity index (χ1) is 6.73. The zero-order valence-corrected chi connectivity index (χ0v) is 13.2. The van der Waals surface area contributed by atoms with Gasteiger partial charge in [-0.1, -0.05) is 11.6 Å². The van der Waals surface area contributed by atoms with Crippen LogP contribution in [0.1, 0.15) is 6.99 Å². The maximum Gasteiger partial charge on any atom is 1.00 e. The van der Waals surface area contributed by atoms with Crippen LogP contribution < -0.4 is 51.4 Å². The first-order valence-electron chi connectivity index (χ1n) is 3.65. The second-order valence-electron chi connectivity index (χ2n) is 2.80. The van der Waals surface area contributed by atoms with Gasteiger partial charge in [0, 0.05) is 11.1 Å². The Morgan fingerprint density at radius 2 is 2.00 bits per heavy atom. The van der Waals surface area contributed by atoms with E-state index in [0.29, 0.717) is 5.56 Å². The summed E-state index contributed by atoms with van der Waals surface area (Å²) in [4.78, 5) is 8.82. The molecule has 0 heterocycles. The summed E-state index contributed by atoms with van der Waals surface area (Å²) in [5.74, 6) is 0. The molecule has 0 amide bonds. The minimum atomic E-state index is -4.64. The molecule has 0 aliphatic carbocycles. The van der Waals surface area contributed by atoms with E-state index in [1.54, 1.807) is 0 Å². The van der Waals surface area contributed by atoms with E-state index in [9.17, 15) is 18.5 Å². The van der Waals surface area contributed by atoms with Crippen molar-refractivity contribution in [3.8, 4) is 0 Å². The van der Waals surface area contributed by atoms with Crippen molar-refractivity contribution in [2.24, 2.45) is 0 Å². The standard InChI is InChI=1S/C7H6ClNO5S.K.H/c1-4-2-6(9(10)11)7(3-5(4)8)15(12,13)14;;/h2-3H,1H3,(H,12,13,14);;/q;+1;-1. The Kier molecular flexibility index (Phi) is 6.04. The van der Waals surface area contributed by atoms with Gasteiger partial charge in [-0.15, -0.1) is 0 Å². The van der Waals surface area contributed by atoms with E-state index in [1.807, 2.05) is 0 Å². The van der Waals surface area contributed by atoms with Gasteiger partial charge in [-0.2, -0.15) is 8.42 Å². The quantitative estimate of drug-likeness (QED) is 0.323. The Morgan fingerprint density at radius 3 is 2.38 bits per heavy atom. The molecule has 84 valence electrons. The number of hydrogen-bond donors (Lipinski definition) is 1. The monoisotopic (exact) mass is 291 g/mol. The fraction of sp³-hybridized carbons (Fsp3) is 0.143. The number of rotatable bonds is 2. The summed E-state index contributed by atoms with van der Waals surface area (Å²) in [5.41, 5.74) is -0.338. The number of benzene rings is 1. The summed E-state index contributed by atoms with van der Waals surface area (Å²) in [6.07, 6.45) is 0. The Balaban J connectivity index is 0. The van der Waals surface area contributed by atoms with Gasteiger partial charge in [0.25, 0.3) is 5.69 Å². The molecule has 16 heavy (non-hydrogen) atoms. The minimum absolute atomic E-state index is 0. The molecular formula is C7H7ClKNO5S. The Hall–Kier alpha value is 0.456. The van der Waals surface area contributed by atoms with Crippen LogP contribution in [0.25, 0.3) is 0 Å². The van der Waals surface area contributed by atoms with Crippen molar-refractivity contribution in [2.75, 3.05) is 0 Å². The minimum Gasteiger partial charge on any atom is -1.00 e. The van der Waals surface area contributed by atoms with E-state index in [4.69, 9.17) is 16.2 Å². The number of aryl methyl sites for hydroxylation is 1. The van der Waals surface area contributed by atoms with Crippen LogP contribution in [0.4, 0.5) is 5.69 Å². The zero-order valence-electron chi connectivity index (χ0n) is 9.47. The second kappa shape index (κ2) is 5.87. The average molecular weight is 292 g/mol. The first kappa shape index (κ1) is 16.5. The molecule has 1 aromatic rings. The van der Waals surface area contributed by atoms with Gasteiger partial charge in [-0.3, -0.25) is 14.7 Å². The first-order valence-corrected chi connectivity index (χ1v) is 5.47. The van der Waals surface area contributed by atoms with E-state index < -0.39 is 25.6 Å². The summed E-state index contributed by atoms with van der Waals surface area (Å²) < 4.78 is 30.4. The van der Waals surface area contributed by atoms with Gasteiger partial charge in [0.05, 0.1) is 4.92 Å². The second-order valence-corrected chi connectivity index (χ2v) is 4.60. The Bertz CT molecular complexity index is 535. The molecule has 9 heteroatoms. The van der Waals surface area contributed by atoms with Gasteiger partial charge in [-0.05, 0) is 18.6 Å². The maximum atomic E-state index is 10.8. The topological polar surface area (TPSA) is 97.5 Å². The van der Waals surface area contributed by atoms with Crippen LogP contribution in [-0.2, 0) is 10.1 Å². The molecule has 6 nitrogen and oxygen atoms in total. The number of nitrogens with zero attached hydrogens (tertiary/aromatic N) is 1. The van der Waals surface area contributed by atoms with E-state index in [1.165, 1.54) is 6.92 Å². The van der Waals surface area contributed by atoms with Gasteiger partial charge < -0.3 is 1.43 Å². The van der Waals surface area contributed by atoms with Crippen molar-refractivity contribution in [3.63, 3.8) is 0 Å². The van der Waals surface area contributed by atoms with E-state index in [2.05, 4.69) is 0 Å². The molecule has 0 spiro atoms. The van der Waals surface area contributed by atoms with Crippen molar-refractivity contribution in [1.82, 2.24) is 0 Å². The third-order valence-electron chi connectivity index (χ3n) is 1.71. The van der Waals surface area contributed by atoms with Crippen LogP contribution in [0.3, 0.4) is 0 Å². The number of hydrogen-bond acceptors (Lipinski definition) is 4. The molecule has 0 aromatic heterocycles. The van der Waals surface area contributed by atoms with Crippen molar-refractivity contribution in [2.45, 2.75) is 11.8 Å². The molecule has 0 unspecified atom stereocenters. The summed E-state index contributed by atoms with van der Waals surface area (Å²) in [7, 11) is -4.64. The smallest absolute Gasteiger partial charge is 1.00 e. The Labute approximate surface area is 141 Å². The molecule has 0 aliphatic heterocycles. The molecule has 0 aliphatic rings. The molecule has 0 fully saturated rings. The van der Waals surface area contributed by atoms with E-state index in [-0.39, 0.29) is 57.8 Å².